The number of fused-ring (bicyclic) bond motifs is 1. The zero-order chi connectivity index (χ0) is 23.9. The van der Waals surface area contributed by atoms with Crippen molar-refractivity contribution in [1.29, 1.82) is 0 Å². The third-order valence-corrected chi connectivity index (χ3v) is 5.04. The topological polar surface area (TPSA) is 107 Å². The van der Waals surface area contributed by atoms with Gasteiger partial charge in [0.25, 0.3) is 11.8 Å². The number of rotatable bonds is 8. The number of anilines is 1. The van der Waals surface area contributed by atoms with Crippen LogP contribution in [0, 0.1) is 0 Å². The SMILES string of the molecule is COc1cc(/C=N/NC(=O)c2ccc3c(c2)OCO3)ccc1OCC(=O)Nc1ccccc1Cl. The van der Waals surface area contributed by atoms with Crippen LogP contribution in [-0.2, 0) is 4.79 Å². The molecule has 2 N–H and O–H groups in total. The number of hydrogen-bond donors (Lipinski definition) is 2. The summed E-state index contributed by atoms with van der Waals surface area (Å²) in [4.78, 5) is 24.5. The molecule has 1 aliphatic heterocycles. The summed E-state index contributed by atoms with van der Waals surface area (Å²) in [5.74, 6) is 1.11. The van der Waals surface area contributed by atoms with Crippen LogP contribution in [0.2, 0.25) is 5.02 Å². The molecule has 0 atom stereocenters. The number of carbonyl (C=O) groups excluding carboxylic acids is 2. The number of benzene rings is 3. The molecule has 10 heteroatoms. The van der Waals surface area contributed by atoms with Gasteiger partial charge in [-0.2, -0.15) is 5.10 Å². The van der Waals surface area contributed by atoms with E-state index in [2.05, 4.69) is 15.8 Å². The zero-order valence-corrected chi connectivity index (χ0v) is 18.8. The molecule has 0 aromatic heterocycles. The third-order valence-electron chi connectivity index (χ3n) is 4.71. The maximum absolute atomic E-state index is 12.3. The van der Waals surface area contributed by atoms with Crippen LogP contribution >= 0.6 is 11.6 Å². The normalized spacial score (nSPS) is 11.8. The lowest BCUT2D eigenvalue weighted by atomic mass is 10.2. The summed E-state index contributed by atoms with van der Waals surface area (Å²) in [6.45, 7) is -0.104. The van der Waals surface area contributed by atoms with Crippen LogP contribution in [0.25, 0.3) is 0 Å². The van der Waals surface area contributed by atoms with Gasteiger partial charge in [0.05, 0.1) is 24.0 Å². The van der Waals surface area contributed by atoms with Crippen LogP contribution in [0.1, 0.15) is 15.9 Å². The molecule has 0 bridgehead atoms. The Morgan fingerprint density at radius 3 is 2.71 bits per heavy atom. The average molecular weight is 482 g/mol. The molecule has 0 fully saturated rings. The van der Waals surface area contributed by atoms with E-state index in [1.807, 2.05) is 0 Å². The number of nitrogens with zero attached hydrogens (tertiary/aromatic N) is 1. The van der Waals surface area contributed by atoms with E-state index in [4.69, 9.17) is 30.5 Å². The van der Waals surface area contributed by atoms with Gasteiger partial charge >= 0.3 is 0 Å². The lowest BCUT2D eigenvalue weighted by molar-refractivity contribution is -0.118. The molecule has 9 nitrogen and oxygen atoms in total. The van der Waals surface area contributed by atoms with Crippen molar-refractivity contribution in [2.45, 2.75) is 0 Å². The van der Waals surface area contributed by atoms with Crippen LogP contribution < -0.4 is 29.7 Å². The van der Waals surface area contributed by atoms with Crippen LogP contribution in [0.3, 0.4) is 0 Å². The highest BCUT2D eigenvalue weighted by molar-refractivity contribution is 6.33. The van der Waals surface area contributed by atoms with Gasteiger partial charge in [0.1, 0.15) is 0 Å². The van der Waals surface area contributed by atoms with E-state index in [0.717, 1.165) is 0 Å². The van der Waals surface area contributed by atoms with Crippen molar-refractivity contribution < 1.29 is 28.5 Å². The number of halogens is 1. The maximum Gasteiger partial charge on any atom is 0.271 e. The molecule has 4 rings (SSSR count). The molecule has 0 radical (unpaired) electrons. The summed E-state index contributed by atoms with van der Waals surface area (Å²) in [7, 11) is 1.48. The smallest absolute Gasteiger partial charge is 0.271 e. The second-order valence-electron chi connectivity index (χ2n) is 6.99. The average Bonchev–Trinajstić information content (AvgIpc) is 3.32. The second-order valence-corrected chi connectivity index (χ2v) is 7.40. The van der Waals surface area contributed by atoms with Gasteiger partial charge in [-0.3, -0.25) is 9.59 Å². The number of nitrogens with one attached hydrogen (secondary N) is 2. The fraction of sp³-hybridized carbons (Fsp3) is 0.125. The van der Waals surface area contributed by atoms with E-state index in [0.29, 0.717) is 44.8 Å². The Balaban J connectivity index is 1.33. The van der Waals surface area contributed by atoms with Crippen LogP contribution in [0.5, 0.6) is 23.0 Å². The Bertz CT molecular complexity index is 1250. The minimum absolute atomic E-state index is 0.131. The Hall–Kier alpha value is -4.24. The molecule has 0 saturated carbocycles. The number of para-hydroxylation sites is 1. The molecule has 3 aromatic carbocycles. The van der Waals surface area contributed by atoms with E-state index in [1.54, 1.807) is 60.7 Å². The lowest BCUT2D eigenvalue weighted by Crippen LogP contribution is -2.20. The van der Waals surface area contributed by atoms with Gasteiger partial charge in [-0.05, 0) is 54.1 Å². The van der Waals surface area contributed by atoms with Gasteiger partial charge in [-0.15, -0.1) is 0 Å². The van der Waals surface area contributed by atoms with E-state index < -0.39 is 5.91 Å². The van der Waals surface area contributed by atoms with E-state index in [-0.39, 0.29) is 19.3 Å². The summed E-state index contributed by atoms with van der Waals surface area (Å²) in [6.07, 6.45) is 1.46. The van der Waals surface area contributed by atoms with Crippen molar-refractivity contribution in [3.05, 3.63) is 76.8 Å². The Morgan fingerprint density at radius 2 is 1.88 bits per heavy atom. The van der Waals surface area contributed by atoms with E-state index >= 15 is 0 Å². The first-order valence-electron chi connectivity index (χ1n) is 10.1. The van der Waals surface area contributed by atoms with Crippen molar-refractivity contribution >= 4 is 35.3 Å². The molecule has 0 aliphatic carbocycles. The van der Waals surface area contributed by atoms with Gasteiger partial charge in [-0.25, -0.2) is 5.43 Å². The molecule has 0 saturated heterocycles. The minimum Gasteiger partial charge on any atom is -0.493 e. The number of hydrazone groups is 1. The first-order chi connectivity index (χ1) is 16.5. The highest BCUT2D eigenvalue weighted by Gasteiger charge is 2.16. The summed E-state index contributed by atoms with van der Waals surface area (Å²) in [5.41, 5.74) is 3.99. The predicted octanol–water partition coefficient (Wildman–Crippen LogP) is 3.86. The number of methoxy groups -OCH3 is 1. The molecule has 0 spiro atoms. The first-order valence-corrected chi connectivity index (χ1v) is 10.5. The van der Waals surface area contributed by atoms with Gasteiger partial charge < -0.3 is 24.3 Å². The molecule has 174 valence electrons. The molecule has 2 amide bonds. The van der Waals surface area contributed by atoms with Crippen molar-refractivity contribution in [2.75, 3.05) is 25.8 Å². The standard InChI is InChI=1S/C24H20ClN3O6/c1-31-21-10-15(12-26-28-24(30)16-7-9-20-22(11-16)34-14-33-20)6-8-19(21)32-13-23(29)27-18-5-3-2-4-17(18)25/h2-12H,13-14H2,1H3,(H,27,29)(H,28,30)/b26-12+. The molecule has 1 heterocycles. The summed E-state index contributed by atoms with van der Waals surface area (Å²) in [6, 6.07) is 16.8. The van der Waals surface area contributed by atoms with Gasteiger partial charge in [0.15, 0.2) is 29.6 Å². The first kappa shape index (κ1) is 22.9. The lowest BCUT2D eigenvalue weighted by Gasteiger charge is -2.12. The number of ether oxygens (including phenoxy) is 4. The fourth-order valence-corrected chi connectivity index (χ4v) is 3.23. The van der Waals surface area contributed by atoms with Crippen LogP contribution in [-0.4, -0.2) is 38.5 Å². The highest BCUT2D eigenvalue weighted by atomic mass is 35.5. The monoisotopic (exact) mass is 481 g/mol. The zero-order valence-electron chi connectivity index (χ0n) is 18.0. The molecule has 1 aliphatic rings. The number of amides is 2. The second kappa shape index (κ2) is 10.6. The van der Waals surface area contributed by atoms with Crippen molar-refractivity contribution in [1.82, 2.24) is 5.43 Å². The Morgan fingerprint density at radius 1 is 1.06 bits per heavy atom. The number of hydrogen-bond acceptors (Lipinski definition) is 7. The summed E-state index contributed by atoms with van der Waals surface area (Å²) in [5, 5.41) is 7.09. The molecule has 0 unspecified atom stereocenters. The molecule has 3 aromatic rings. The van der Waals surface area contributed by atoms with Crippen molar-refractivity contribution in [3.63, 3.8) is 0 Å². The van der Waals surface area contributed by atoms with Gasteiger partial charge in [0, 0.05) is 5.56 Å². The van der Waals surface area contributed by atoms with Crippen molar-refractivity contribution in [2.24, 2.45) is 5.10 Å². The Kier molecular flexibility index (Phi) is 7.14. The van der Waals surface area contributed by atoms with Gasteiger partial charge in [0.2, 0.25) is 6.79 Å². The minimum atomic E-state index is -0.397. The molecule has 34 heavy (non-hydrogen) atoms. The van der Waals surface area contributed by atoms with Gasteiger partial charge in [-0.1, -0.05) is 23.7 Å². The largest absolute Gasteiger partial charge is 0.493 e. The molecular weight excluding hydrogens is 462 g/mol. The van der Waals surface area contributed by atoms with Crippen LogP contribution in [0.4, 0.5) is 5.69 Å². The van der Waals surface area contributed by atoms with Crippen LogP contribution in [0.15, 0.2) is 65.8 Å². The van der Waals surface area contributed by atoms with E-state index in [9.17, 15) is 9.59 Å². The third kappa shape index (κ3) is 5.57. The Labute approximate surface area is 200 Å². The quantitative estimate of drug-likeness (QED) is 0.373. The number of carbonyl (C=O) groups is 2. The highest BCUT2D eigenvalue weighted by Crippen LogP contribution is 2.32. The molecular formula is C24H20ClN3O6. The summed E-state index contributed by atoms with van der Waals surface area (Å²) < 4.78 is 21.4. The predicted molar refractivity (Wildman–Crippen MR) is 126 cm³/mol. The fourth-order valence-electron chi connectivity index (χ4n) is 3.04. The maximum atomic E-state index is 12.3. The summed E-state index contributed by atoms with van der Waals surface area (Å²) >= 11 is 6.04. The van der Waals surface area contributed by atoms with Crippen molar-refractivity contribution in [3.8, 4) is 23.0 Å². The van der Waals surface area contributed by atoms with E-state index in [1.165, 1.54) is 13.3 Å².